The lowest BCUT2D eigenvalue weighted by Gasteiger charge is -2.39. The van der Waals surface area contributed by atoms with E-state index < -0.39 is 0 Å². The van der Waals surface area contributed by atoms with Crippen LogP contribution < -0.4 is 0 Å². The maximum Gasteiger partial charge on any atom is 0.0575 e. The first-order valence-electron chi connectivity index (χ1n) is 7.06. The van der Waals surface area contributed by atoms with Crippen LogP contribution in [-0.4, -0.2) is 49.3 Å². The molecule has 3 nitrogen and oxygen atoms in total. The Morgan fingerprint density at radius 3 is 1.67 bits per heavy atom. The molecule has 0 unspecified atom stereocenters. The maximum atomic E-state index is 5.29. The van der Waals surface area contributed by atoms with Crippen molar-refractivity contribution in [3.63, 3.8) is 0 Å². The number of hydroxylamine groups is 2. The summed E-state index contributed by atoms with van der Waals surface area (Å²) in [4.78, 5) is 7.95. The van der Waals surface area contributed by atoms with Gasteiger partial charge < -0.3 is 4.84 Å². The second kappa shape index (κ2) is 8.89. The average molecular weight is 258 g/mol. The predicted molar refractivity (Wildman–Crippen MR) is 79.6 cm³/mol. The summed E-state index contributed by atoms with van der Waals surface area (Å²) in [6, 6.07) is 0.758. The highest BCUT2D eigenvalue weighted by molar-refractivity contribution is 4.78. The summed E-state index contributed by atoms with van der Waals surface area (Å²) in [6.07, 6.45) is 2.65. The van der Waals surface area contributed by atoms with E-state index in [4.69, 9.17) is 4.84 Å². The first kappa shape index (κ1) is 17.9. The summed E-state index contributed by atoms with van der Waals surface area (Å²) in [7, 11) is 1.77. The molecule has 0 bridgehead atoms. The molecule has 1 aliphatic heterocycles. The number of piperazine rings is 1. The van der Waals surface area contributed by atoms with Crippen LogP contribution in [0.1, 0.15) is 48.0 Å². The highest BCUT2D eigenvalue weighted by Gasteiger charge is 2.24. The summed E-state index contributed by atoms with van der Waals surface area (Å²) in [5.74, 6) is 1.58. The van der Waals surface area contributed by atoms with Gasteiger partial charge >= 0.3 is 0 Å². The van der Waals surface area contributed by atoms with Crippen molar-refractivity contribution in [1.29, 1.82) is 0 Å². The van der Waals surface area contributed by atoms with E-state index in [1.54, 1.807) is 7.11 Å². The lowest BCUT2D eigenvalue weighted by atomic mass is 9.94. The Balaban J connectivity index is 0.00000289. The van der Waals surface area contributed by atoms with Crippen LogP contribution in [-0.2, 0) is 4.84 Å². The summed E-state index contributed by atoms with van der Waals surface area (Å²) < 4.78 is 0. The molecule has 1 aliphatic rings. The number of nitrogens with zero attached hydrogens (tertiary/aromatic N) is 2. The van der Waals surface area contributed by atoms with Gasteiger partial charge in [-0.15, -0.1) is 0 Å². The van der Waals surface area contributed by atoms with Crippen molar-refractivity contribution in [3.05, 3.63) is 0 Å². The van der Waals surface area contributed by atoms with Gasteiger partial charge in [0.25, 0.3) is 0 Å². The van der Waals surface area contributed by atoms with Gasteiger partial charge in [0.1, 0.15) is 0 Å². The van der Waals surface area contributed by atoms with E-state index in [0.717, 1.165) is 44.1 Å². The Morgan fingerprint density at radius 2 is 1.33 bits per heavy atom. The molecule has 0 amide bonds. The zero-order valence-electron chi connectivity index (χ0n) is 12.3. The monoisotopic (exact) mass is 258 g/mol. The van der Waals surface area contributed by atoms with Gasteiger partial charge in [0.05, 0.1) is 7.11 Å². The minimum absolute atomic E-state index is 0. The van der Waals surface area contributed by atoms with Crippen molar-refractivity contribution in [3.8, 4) is 0 Å². The molecule has 0 aromatic carbocycles. The molecule has 0 saturated carbocycles. The molecular formula is C15H34N2O. The van der Waals surface area contributed by atoms with E-state index in [9.17, 15) is 0 Å². The quantitative estimate of drug-likeness (QED) is 0.727. The SMILES string of the molecule is C.CON1CCN(C(CC(C)C)CC(C)C)CC1. The van der Waals surface area contributed by atoms with Gasteiger partial charge in [0.15, 0.2) is 0 Å². The molecule has 3 heteroatoms. The van der Waals surface area contributed by atoms with E-state index in [2.05, 4.69) is 37.7 Å². The number of rotatable bonds is 6. The maximum absolute atomic E-state index is 5.29. The number of hydrogen-bond donors (Lipinski definition) is 0. The van der Waals surface area contributed by atoms with Crippen molar-refractivity contribution < 1.29 is 4.84 Å². The third-order valence-corrected chi connectivity index (χ3v) is 3.53. The smallest absolute Gasteiger partial charge is 0.0575 e. The van der Waals surface area contributed by atoms with E-state index >= 15 is 0 Å². The first-order chi connectivity index (χ1) is 8.02. The van der Waals surface area contributed by atoms with Gasteiger partial charge in [-0.05, 0) is 24.7 Å². The van der Waals surface area contributed by atoms with E-state index in [1.165, 1.54) is 12.8 Å². The van der Waals surface area contributed by atoms with Gasteiger partial charge in [0, 0.05) is 32.2 Å². The Bertz CT molecular complexity index is 189. The molecule has 0 radical (unpaired) electrons. The molecule has 0 spiro atoms. The van der Waals surface area contributed by atoms with Crippen LogP contribution >= 0.6 is 0 Å². The normalized spacial score (nSPS) is 18.7. The minimum Gasteiger partial charge on any atom is -0.302 e. The highest BCUT2D eigenvalue weighted by atomic mass is 16.7. The average Bonchev–Trinajstić information content (AvgIpc) is 2.27. The molecule has 0 N–H and O–H groups in total. The Kier molecular flexibility index (Phi) is 8.83. The second-order valence-electron chi connectivity index (χ2n) is 6.06. The molecule has 0 aliphatic carbocycles. The van der Waals surface area contributed by atoms with Gasteiger partial charge in [0.2, 0.25) is 0 Å². The van der Waals surface area contributed by atoms with Crippen LogP contribution in [0, 0.1) is 11.8 Å². The summed E-state index contributed by atoms with van der Waals surface area (Å²) in [6.45, 7) is 13.7. The minimum atomic E-state index is 0. The van der Waals surface area contributed by atoms with Crippen LogP contribution in [0.15, 0.2) is 0 Å². The fourth-order valence-corrected chi connectivity index (χ4v) is 2.73. The first-order valence-corrected chi connectivity index (χ1v) is 7.06. The fourth-order valence-electron chi connectivity index (χ4n) is 2.73. The van der Waals surface area contributed by atoms with E-state index in [1.807, 2.05) is 0 Å². The summed E-state index contributed by atoms with van der Waals surface area (Å²) in [5.41, 5.74) is 0. The van der Waals surface area contributed by atoms with Crippen LogP contribution in [0.2, 0.25) is 0 Å². The highest BCUT2D eigenvalue weighted by Crippen LogP contribution is 2.20. The molecule has 1 saturated heterocycles. The largest absolute Gasteiger partial charge is 0.302 e. The molecule has 1 heterocycles. The Labute approximate surface area is 114 Å². The topological polar surface area (TPSA) is 15.7 Å². The van der Waals surface area contributed by atoms with Gasteiger partial charge in [-0.2, -0.15) is 5.06 Å². The third-order valence-electron chi connectivity index (χ3n) is 3.53. The zero-order chi connectivity index (χ0) is 12.8. The van der Waals surface area contributed by atoms with Crippen LogP contribution in [0.3, 0.4) is 0 Å². The number of hydrogen-bond acceptors (Lipinski definition) is 3. The van der Waals surface area contributed by atoms with Gasteiger partial charge in [-0.3, -0.25) is 4.90 Å². The van der Waals surface area contributed by atoms with Crippen molar-refractivity contribution in [2.75, 3.05) is 33.3 Å². The van der Waals surface area contributed by atoms with Gasteiger partial charge in [-0.1, -0.05) is 35.1 Å². The van der Waals surface area contributed by atoms with Gasteiger partial charge in [-0.25, -0.2) is 0 Å². The van der Waals surface area contributed by atoms with E-state index in [-0.39, 0.29) is 7.43 Å². The Morgan fingerprint density at radius 1 is 0.889 bits per heavy atom. The van der Waals surface area contributed by atoms with Crippen molar-refractivity contribution in [2.45, 2.75) is 54.0 Å². The lowest BCUT2D eigenvalue weighted by Crippen LogP contribution is -2.50. The molecule has 0 aromatic rings. The fraction of sp³-hybridized carbons (Fsp3) is 1.00. The molecule has 1 fully saturated rings. The molecular weight excluding hydrogens is 224 g/mol. The standard InChI is InChI=1S/C14H30N2O.CH4/c1-12(2)10-14(11-13(3)4)15-6-8-16(17-5)9-7-15;/h12-14H,6-11H2,1-5H3;1H4. The molecule has 1 rings (SSSR count). The molecule has 0 atom stereocenters. The van der Waals surface area contributed by atoms with Crippen molar-refractivity contribution in [2.24, 2.45) is 11.8 Å². The van der Waals surface area contributed by atoms with Crippen LogP contribution in [0.25, 0.3) is 0 Å². The van der Waals surface area contributed by atoms with Crippen LogP contribution in [0.4, 0.5) is 0 Å². The molecule has 0 aromatic heterocycles. The third kappa shape index (κ3) is 6.17. The van der Waals surface area contributed by atoms with Crippen molar-refractivity contribution in [1.82, 2.24) is 9.96 Å². The zero-order valence-corrected chi connectivity index (χ0v) is 12.3. The lowest BCUT2D eigenvalue weighted by molar-refractivity contribution is -0.156. The Hall–Kier alpha value is -0.120. The van der Waals surface area contributed by atoms with E-state index in [0.29, 0.717) is 0 Å². The molecule has 18 heavy (non-hydrogen) atoms. The second-order valence-corrected chi connectivity index (χ2v) is 6.06. The predicted octanol–water partition coefficient (Wildman–Crippen LogP) is 3.26. The molecule has 110 valence electrons. The summed E-state index contributed by atoms with van der Waals surface area (Å²) >= 11 is 0. The van der Waals surface area contributed by atoms with Crippen molar-refractivity contribution >= 4 is 0 Å². The summed E-state index contributed by atoms with van der Waals surface area (Å²) in [5, 5.41) is 2.07. The van der Waals surface area contributed by atoms with Crippen LogP contribution in [0.5, 0.6) is 0 Å².